The summed E-state index contributed by atoms with van der Waals surface area (Å²) in [6.07, 6.45) is 0. The molecule has 4 heteroatoms. The van der Waals surface area contributed by atoms with Crippen molar-refractivity contribution in [2.75, 3.05) is 24.2 Å². The van der Waals surface area contributed by atoms with Gasteiger partial charge in [-0.3, -0.25) is 0 Å². The van der Waals surface area contributed by atoms with Crippen LogP contribution in [-0.4, -0.2) is 29.0 Å². The Kier molecular flexibility index (Phi) is 4.84. The summed E-state index contributed by atoms with van der Waals surface area (Å²) >= 11 is 1.72. The van der Waals surface area contributed by atoms with Crippen molar-refractivity contribution < 1.29 is 5.11 Å². The van der Waals surface area contributed by atoms with Gasteiger partial charge in [0.2, 0.25) is 0 Å². The van der Waals surface area contributed by atoms with Crippen molar-refractivity contribution in [2.45, 2.75) is 12.7 Å². The molecule has 2 N–H and O–H groups in total. The van der Waals surface area contributed by atoms with Gasteiger partial charge in [0, 0.05) is 29.0 Å². The number of nitrogens with zero attached hydrogens (tertiary/aromatic N) is 1. The number of hydrogen-bond donors (Lipinski definition) is 2. The van der Waals surface area contributed by atoms with E-state index < -0.39 is 0 Å². The van der Waals surface area contributed by atoms with Crippen molar-refractivity contribution in [3.63, 3.8) is 0 Å². The minimum absolute atomic E-state index is 0.224. The number of para-hydroxylation sites is 1. The molecule has 0 radical (unpaired) electrons. The van der Waals surface area contributed by atoms with Crippen molar-refractivity contribution >= 4 is 28.5 Å². The molecule has 0 fully saturated rings. The van der Waals surface area contributed by atoms with Crippen LogP contribution < -0.4 is 5.32 Å². The van der Waals surface area contributed by atoms with Crippen molar-refractivity contribution in [3.05, 3.63) is 35.9 Å². The predicted molar refractivity (Wildman–Crippen MR) is 79.2 cm³/mol. The summed E-state index contributed by atoms with van der Waals surface area (Å²) in [5.74, 6) is 2.60. The van der Waals surface area contributed by atoms with E-state index >= 15 is 0 Å². The lowest BCUT2D eigenvalue weighted by atomic mass is 10.1. The Morgan fingerprint density at radius 2 is 2.17 bits per heavy atom. The molecular formula is C14H18N2OS. The minimum atomic E-state index is 0.224. The van der Waals surface area contributed by atoms with Gasteiger partial charge in [0.05, 0.1) is 12.1 Å². The molecule has 3 nitrogen and oxygen atoms in total. The predicted octanol–water partition coefficient (Wildman–Crippen LogP) is 2.89. The number of aliphatic hydroxyl groups is 1. The molecule has 1 aromatic heterocycles. The number of hydrogen-bond acceptors (Lipinski definition) is 4. The molecule has 0 saturated heterocycles. The van der Waals surface area contributed by atoms with Crippen LogP contribution in [0.15, 0.2) is 30.3 Å². The van der Waals surface area contributed by atoms with Gasteiger partial charge < -0.3 is 10.4 Å². The Balaban J connectivity index is 2.31. The summed E-state index contributed by atoms with van der Waals surface area (Å²) in [7, 11) is 0. The van der Waals surface area contributed by atoms with Crippen LogP contribution in [0, 0.1) is 0 Å². The van der Waals surface area contributed by atoms with Crippen LogP contribution >= 0.6 is 11.8 Å². The third-order valence-electron chi connectivity index (χ3n) is 2.64. The van der Waals surface area contributed by atoms with Gasteiger partial charge in [-0.15, -0.1) is 0 Å². The molecule has 96 valence electrons. The van der Waals surface area contributed by atoms with Gasteiger partial charge in [-0.1, -0.05) is 18.2 Å². The third-order valence-corrected chi connectivity index (χ3v) is 3.63. The number of fused-ring (bicyclic) bond motifs is 1. The van der Waals surface area contributed by atoms with E-state index in [1.54, 1.807) is 11.8 Å². The van der Waals surface area contributed by atoms with Crippen LogP contribution in [0.25, 0.3) is 10.9 Å². The van der Waals surface area contributed by atoms with Crippen molar-refractivity contribution in [1.29, 1.82) is 0 Å². The fourth-order valence-electron chi connectivity index (χ4n) is 1.84. The van der Waals surface area contributed by atoms with Crippen molar-refractivity contribution in [3.8, 4) is 0 Å². The zero-order valence-corrected chi connectivity index (χ0v) is 11.3. The van der Waals surface area contributed by atoms with E-state index in [2.05, 4.69) is 29.4 Å². The van der Waals surface area contributed by atoms with Gasteiger partial charge in [0.15, 0.2) is 0 Å². The molecule has 0 aliphatic rings. The van der Waals surface area contributed by atoms with Gasteiger partial charge in [-0.2, -0.15) is 11.8 Å². The van der Waals surface area contributed by atoms with Crippen LogP contribution in [0.5, 0.6) is 0 Å². The van der Waals surface area contributed by atoms with Crippen LogP contribution in [0.3, 0.4) is 0 Å². The van der Waals surface area contributed by atoms with Crippen LogP contribution in [-0.2, 0) is 5.75 Å². The number of pyridine rings is 1. The average Bonchev–Trinajstić information content (AvgIpc) is 2.40. The SMILES string of the molecule is CCNc1nc2ccccc2cc1CSCCO. The fraction of sp³-hybridized carbons (Fsp3) is 0.357. The highest BCUT2D eigenvalue weighted by Gasteiger charge is 2.06. The molecule has 0 spiro atoms. The summed E-state index contributed by atoms with van der Waals surface area (Å²) in [6, 6.07) is 10.3. The van der Waals surface area contributed by atoms with Gasteiger partial charge in [-0.25, -0.2) is 4.98 Å². The number of nitrogens with one attached hydrogen (secondary N) is 1. The van der Waals surface area contributed by atoms with E-state index in [1.807, 2.05) is 18.2 Å². The van der Waals surface area contributed by atoms with Gasteiger partial charge in [0.25, 0.3) is 0 Å². The third kappa shape index (κ3) is 3.15. The highest BCUT2D eigenvalue weighted by atomic mass is 32.2. The Labute approximate surface area is 112 Å². The molecule has 18 heavy (non-hydrogen) atoms. The first-order valence-corrected chi connectivity index (χ1v) is 7.31. The lowest BCUT2D eigenvalue weighted by Crippen LogP contribution is -2.03. The quantitative estimate of drug-likeness (QED) is 0.786. The average molecular weight is 262 g/mol. The van der Waals surface area contributed by atoms with E-state index in [0.717, 1.165) is 29.4 Å². The number of aromatic nitrogens is 1. The fourth-order valence-corrected chi connectivity index (χ4v) is 2.55. The minimum Gasteiger partial charge on any atom is -0.396 e. The topological polar surface area (TPSA) is 45.2 Å². The molecule has 1 aromatic carbocycles. The van der Waals surface area contributed by atoms with Gasteiger partial charge >= 0.3 is 0 Å². The molecule has 0 saturated carbocycles. The van der Waals surface area contributed by atoms with Gasteiger partial charge in [0.1, 0.15) is 5.82 Å². The zero-order valence-electron chi connectivity index (χ0n) is 10.5. The Morgan fingerprint density at radius 1 is 1.33 bits per heavy atom. The van der Waals surface area contributed by atoms with E-state index in [-0.39, 0.29) is 6.61 Å². The lowest BCUT2D eigenvalue weighted by Gasteiger charge is -2.11. The zero-order chi connectivity index (χ0) is 12.8. The monoisotopic (exact) mass is 262 g/mol. The standard InChI is InChI=1S/C14H18N2OS/c1-2-15-14-12(10-18-8-7-17)9-11-5-3-4-6-13(11)16-14/h3-6,9,17H,2,7-8,10H2,1H3,(H,15,16). The smallest absolute Gasteiger partial charge is 0.130 e. The van der Waals surface area contributed by atoms with Crippen LogP contribution in [0.4, 0.5) is 5.82 Å². The number of rotatable bonds is 6. The normalized spacial score (nSPS) is 10.8. The number of benzene rings is 1. The molecule has 0 unspecified atom stereocenters. The molecule has 2 rings (SSSR count). The maximum absolute atomic E-state index is 8.84. The van der Waals surface area contributed by atoms with E-state index in [1.165, 1.54) is 10.9 Å². The van der Waals surface area contributed by atoms with Gasteiger partial charge in [-0.05, 0) is 19.1 Å². The maximum atomic E-state index is 8.84. The largest absolute Gasteiger partial charge is 0.396 e. The summed E-state index contributed by atoms with van der Waals surface area (Å²) in [4.78, 5) is 4.66. The number of thioether (sulfide) groups is 1. The highest BCUT2D eigenvalue weighted by molar-refractivity contribution is 7.98. The summed E-state index contributed by atoms with van der Waals surface area (Å²) in [5, 5.41) is 13.3. The number of aliphatic hydroxyl groups excluding tert-OH is 1. The first kappa shape index (κ1) is 13.2. The first-order chi connectivity index (χ1) is 8.85. The molecule has 0 aliphatic carbocycles. The molecule has 2 aromatic rings. The molecule has 0 atom stereocenters. The molecule has 1 heterocycles. The summed E-state index contributed by atoms with van der Waals surface area (Å²) < 4.78 is 0. The van der Waals surface area contributed by atoms with Crippen LogP contribution in [0.1, 0.15) is 12.5 Å². The highest BCUT2D eigenvalue weighted by Crippen LogP contribution is 2.24. The molecule has 0 amide bonds. The lowest BCUT2D eigenvalue weighted by molar-refractivity contribution is 0.322. The molecular weight excluding hydrogens is 244 g/mol. The van der Waals surface area contributed by atoms with Crippen LogP contribution in [0.2, 0.25) is 0 Å². The van der Waals surface area contributed by atoms with E-state index in [0.29, 0.717) is 0 Å². The number of anilines is 1. The summed E-state index contributed by atoms with van der Waals surface area (Å²) in [6.45, 7) is 3.16. The van der Waals surface area contributed by atoms with E-state index in [9.17, 15) is 0 Å². The first-order valence-electron chi connectivity index (χ1n) is 6.16. The second kappa shape index (κ2) is 6.61. The van der Waals surface area contributed by atoms with E-state index in [4.69, 9.17) is 5.11 Å². The van der Waals surface area contributed by atoms with Crippen molar-refractivity contribution in [2.24, 2.45) is 0 Å². The molecule has 0 aliphatic heterocycles. The Hall–Kier alpha value is -1.26. The second-order valence-electron chi connectivity index (χ2n) is 4.00. The second-order valence-corrected chi connectivity index (χ2v) is 5.10. The Morgan fingerprint density at radius 3 is 2.94 bits per heavy atom. The maximum Gasteiger partial charge on any atom is 0.130 e. The molecule has 0 bridgehead atoms. The van der Waals surface area contributed by atoms with Crippen molar-refractivity contribution in [1.82, 2.24) is 4.98 Å². The Bertz CT molecular complexity index is 516. The summed E-state index contributed by atoms with van der Waals surface area (Å²) in [5.41, 5.74) is 2.22.